The first-order valence-corrected chi connectivity index (χ1v) is 9.89. The summed E-state index contributed by atoms with van der Waals surface area (Å²) in [5, 5.41) is 11.1. The lowest BCUT2D eigenvalue weighted by molar-refractivity contribution is -0.384. The molecule has 0 bridgehead atoms. The third-order valence-corrected chi connectivity index (χ3v) is 5.33. The number of carbonyl (C=O) groups excluding carboxylic acids is 2. The molecule has 0 radical (unpaired) electrons. The summed E-state index contributed by atoms with van der Waals surface area (Å²) in [4.78, 5) is 39.4. The summed E-state index contributed by atoms with van der Waals surface area (Å²) >= 11 is 1.19. The fourth-order valence-electron chi connectivity index (χ4n) is 2.80. The SMILES string of the molecule is CCOCCn1c(=NC(=O)c2ccc(C(=O)OC)cc2)sc2cc([N+](=O)[O-])ccc21. The third-order valence-electron chi connectivity index (χ3n) is 4.29. The van der Waals surface area contributed by atoms with Crippen molar-refractivity contribution in [2.45, 2.75) is 13.5 Å². The normalized spacial score (nSPS) is 11.6. The number of fused-ring (bicyclic) bond motifs is 1. The van der Waals surface area contributed by atoms with E-state index in [4.69, 9.17) is 4.74 Å². The van der Waals surface area contributed by atoms with Crippen molar-refractivity contribution < 1.29 is 24.0 Å². The molecule has 10 heteroatoms. The van der Waals surface area contributed by atoms with Gasteiger partial charge in [0.05, 0.1) is 34.4 Å². The first-order chi connectivity index (χ1) is 14.4. The van der Waals surface area contributed by atoms with Crippen LogP contribution in [0.5, 0.6) is 0 Å². The molecule has 0 aliphatic heterocycles. The number of hydrogen-bond donors (Lipinski definition) is 0. The lowest BCUT2D eigenvalue weighted by atomic mass is 10.1. The molecular weight excluding hydrogens is 410 g/mol. The Morgan fingerprint density at radius 2 is 1.87 bits per heavy atom. The highest BCUT2D eigenvalue weighted by molar-refractivity contribution is 7.16. The average molecular weight is 429 g/mol. The summed E-state index contributed by atoms with van der Waals surface area (Å²) in [6.45, 7) is 3.28. The van der Waals surface area contributed by atoms with Gasteiger partial charge in [-0.1, -0.05) is 11.3 Å². The van der Waals surface area contributed by atoms with Crippen LogP contribution in [0.1, 0.15) is 27.6 Å². The Labute approximate surface area is 175 Å². The number of rotatable bonds is 7. The van der Waals surface area contributed by atoms with E-state index < -0.39 is 16.8 Å². The number of esters is 1. The minimum atomic E-state index is -0.495. The van der Waals surface area contributed by atoms with Crippen LogP contribution in [0, 0.1) is 10.1 Å². The third kappa shape index (κ3) is 4.61. The molecule has 2 aromatic carbocycles. The molecule has 1 amide bonds. The highest BCUT2D eigenvalue weighted by Crippen LogP contribution is 2.23. The van der Waals surface area contributed by atoms with E-state index in [2.05, 4.69) is 9.73 Å². The maximum Gasteiger partial charge on any atom is 0.337 e. The molecule has 0 aliphatic rings. The predicted octanol–water partition coefficient (Wildman–Crippen LogP) is 3.18. The van der Waals surface area contributed by atoms with E-state index in [0.29, 0.717) is 40.4 Å². The zero-order valence-corrected chi connectivity index (χ0v) is 17.2. The summed E-state index contributed by atoms with van der Waals surface area (Å²) in [5.74, 6) is -0.983. The first kappa shape index (κ1) is 21.3. The topological polar surface area (TPSA) is 113 Å². The van der Waals surface area contributed by atoms with Gasteiger partial charge >= 0.3 is 5.97 Å². The number of amides is 1. The molecule has 3 aromatic rings. The van der Waals surface area contributed by atoms with Crippen LogP contribution in [-0.4, -0.2) is 41.7 Å². The second kappa shape index (κ2) is 9.42. The van der Waals surface area contributed by atoms with Gasteiger partial charge in [0.25, 0.3) is 11.6 Å². The number of non-ortho nitro benzene ring substituents is 1. The molecule has 0 unspecified atom stereocenters. The summed E-state index contributed by atoms with van der Waals surface area (Å²) in [6, 6.07) is 10.5. The highest BCUT2D eigenvalue weighted by Gasteiger charge is 2.14. The second-order valence-corrected chi connectivity index (χ2v) is 7.14. The Kier molecular flexibility index (Phi) is 6.70. The van der Waals surface area contributed by atoms with Crippen molar-refractivity contribution in [3.63, 3.8) is 0 Å². The first-order valence-electron chi connectivity index (χ1n) is 9.07. The van der Waals surface area contributed by atoms with Gasteiger partial charge in [-0.15, -0.1) is 0 Å². The van der Waals surface area contributed by atoms with Crippen LogP contribution in [0.4, 0.5) is 5.69 Å². The molecule has 30 heavy (non-hydrogen) atoms. The molecular formula is C20H19N3O6S. The maximum absolute atomic E-state index is 12.7. The van der Waals surface area contributed by atoms with Crippen molar-refractivity contribution in [3.05, 3.63) is 68.5 Å². The van der Waals surface area contributed by atoms with Crippen LogP contribution < -0.4 is 4.80 Å². The number of aromatic nitrogens is 1. The van der Waals surface area contributed by atoms with E-state index in [1.165, 1.54) is 54.8 Å². The minimum absolute atomic E-state index is 0.0306. The molecule has 0 saturated carbocycles. The van der Waals surface area contributed by atoms with E-state index in [1.807, 2.05) is 6.92 Å². The number of nitro benzene ring substituents is 1. The van der Waals surface area contributed by atoms with Crippen LogP contribution in [0.25, 0.3) is 10.2 Å². The molecule has 1 heterocycles. The summed E-state index contributed by atoms with van der Waals surface area (Å²) in [6.07, 6.45) is 0. The number of methoxy groups -OCH3 is 1. The Bertz CT molecular complexity index is 1160. The second-order valence-electron chi connectivity index (χ2n) is 6.13. The molecule has 1 aromatic heterocycles. The summed E-state index contributed by atoms with van der Waals surface area (Å²) in [7, 11) is 1.28. The van der Waals surface area contributed by atoms with Crippen LogP contribution >= 0.6 is 11.3 Å². The minimum Gasteiger partial charge on any atom is -0.465 e. The van der Waals surface area contributed by atoms with Crippen molar-refractivity contribution in [2.75, 3.05) is 20.3 Å². The monoisotopic (exact) mass is 429 g/mol. The molecule has 0 atom stereocenters. The van der Waals surface area contributed by atoms with Gasteiger partial charge in [0, 0.05) is 30.8 Å². The fourth-order valence-corrected chi connectivity index (χ4v) is 3.88. The molecule has 9 nitrogen and oxygen atoms in total. The number of carbonyl (C=O) groups is 2. The van der Waals surface area contributed by atoms with Gasteiger partial charge in [0.15, 0.2) is 4.80 Å². The van der Waals surface area contributed by atoms with Gasteiger partial charge < -0.3 is 14.0 Å². The molecule has 0 fully saturated rings. The van der Waals surface area contributed by atoms with Crippen LogP contribution in [-0.2, 0) is 16.0 Å². The smallest absolute Gasteiger partial charge is 0.337 e. The van der Waals surface area contributed by atoms with E-state index >= 15 is 0 Å². The van der Waals surface area contributed by atoms with Crippen molar-refractivity contribution in [2.24, 2.45) is 4.99 Å². The van der Waals surface area contributed by atoms with Crippen molar-refractivity contribution in [1.82, 2.24) is 4.57 Å². The average Bonchev–Trinajstić information content (AvgIpc) is 3.09. The lowest BCUT2D eigenvalue weighted by Gasteiger charge is -2.05. The summed E-state index contributed by atoms with van der Waals surface area (Å²) in [5.41, 5.74) is 1.34. The number of hydrogen-bond acceptors (Lipinski definition) is 7. The van der Waals surface area contributed by atoms with Crippen LogP contribution in [0.15, 0.2) is 47.5 Å². The van der Waals surface area contributed by atoms with E-state index in [-0.39, 0.29) is 5.69 Å². The van der Waals surface area contributed by atoms with Gasteiger partial charge in [-0.05, 0) is 37.3 Å². The Hall–Kier alpha value is -3.37. The van der Waals surface area contributed by atoms with Crippen LogP contribution in [0.3, 0.4) is 0 Å². The van der Waals surface area contributed by atoms with E-state index in [1.54, 1.807) is 10.6 Å². The number of thiazole rings is 1. The van der Waals surface area contributed by atoms with Gasteiger partial charge in [-0.3, -0.25) is 14.9 Å². The number of nitro groups is 1. The van der Waals surface area contributed by atoms with Gasteiger partial charge in [-0.2, -0.15) is 4.99 Å². The van der Waals surface area contributed by atoms with Gasteiger partial charge in [0.2, 0.25) is 0 Å². The van der Waals surface area contributed by atoms with Crippen molar-refractivity contribution >= 4 is 39.1 Å². The standard InChI is InChI=1S/C20H19N3O6S/c1-3-29-11-10-22-16-9-8-15(23(26)27)12-17(16)30-20(22)21-18(24)13-4-6-14(7-5-13)19(25)28-2/h4-9,12H,3,10-11H2,1-2H3. The zero-order valence-electron chi connectivity index (χ0n) is 16.4. The molecule has 0 spiro atoms. The maximum atomic E-state index is 12.7. The Morgan fingerprint density at radius 1 is 1.17 bits per heavy atom. The van der Waals surface area contributed by atoms with Gasteiger partial charge in [0.1, 0.15) is 0 Å². The van der Waals surface area contributed by atoms with Crippen molar-refractivity contribution in [1.29, 1.82) is 0 Å². The van der Waals surface area contributed by atoms with Crippen molar-refractivity contribution in [3.8, 4) is 0 Å². The molecule has 3 rings (SSSR count). The number of ether oxygens (including phenoxy) is 2. The predicted molar refractivity (Wildman–Crippen MR) is 111 cm³/mol. The molecule has 0 saturated heterocycles. The number of benzene rings is 2. The Balaban J connectivity index is 2.02. The lowest BCUT2D eigenvalue weighted by Crippen LogP contribution is -2.19. The van der Waals surface area contributed by atoms with Crippen LogP contribution in [0.2, 0.25) is 0 Å². The van der Waals surface area contributed by atoms with E-state index in [0.717, 1.165) is 5.52 Å². The Morgan fingerprint density at radius 3 is 2.50 bits per heavy atom. The van der Waals surface area contributed by atoms with E-state index in [9.17, 15) is 19.7 Å². The highest BCUT2D eigenvalue weighted by atomic mass is 32.1. The molecule has 0 N–H and O–H groups in total. The quantitative estimate of drug-likeness (QED) is 0.247. The number of nitrogens with zero attached hydrogens (tertiary/aromatic N) is 3. The zero-order chi connectivity index (χ0) is 21.7. The fraction of sp³-hybridized carbons (Fsp3) is 0.250. The summed E-state index contributed by atoms with van der Waals surface area (Å²) < 4.78 is 12.5. The van der Waals surface area contributed by atoms with Gasteiger partial charge in [-0.25, -0.2) is 4.79 Å². The molecule has 156 valence electrons. The molecule has 0 aliphatic carbocycles. The largest absolute Gasteiger partial charge is 0.465 e.